The highest BCUT2D eigenvalue weighted by atomic mass is 16.4. The molecule has 1 aromatic carbocycles. The van der Waals surface area contributed by atoms with Crippen LogP contribution in [0.15, 0.2) is 28.7 Å². The number of carboxylic acids is 1. The zero-order valence-corrected chi connectivity index (χ0v) is 7.91. The summed E-state index contributed by atoms with van der Waals surface area (Å²) >= 11 is 0. The van der Waals surface area contributed by atoms with E-state index in [1.165, 1.54) is 0 Å². The predicted octanol–water partition coefficient (Wildman–Crippen LogP) is 1.31. The summed E-state index contributed by atoms with van der Waals surface area (Å²) in [5.74, 6) is -1.62. The molecule has 0 atom stereocenters. The van der Waals surface area contributed by atoms with Gasteiger partial charge in [-0.2, -0.15) is 5.26 Å². The fourth-order valence-corrected chi connectivity index (χ4v) is 1.11. The minimum atomic E-state index is -1.27. The molecule has 6 heteroatoms. The molecule has 0 fully saturated rings. The van der Waals surface area contributed by atoms with Crippen LogP contribution in [0.2, 0.25) is 0 Å². The molecule has 2 aromatic rings. The second-order valence-electron chi connectivity index (χ2n) is 2.91. The Hall–Kier alpha value is -2.68. The van der Waals surface area contributed by atoms with Gasteiger partial charge in [-0.25, -0.2) is 4.79 Å². The second kappa shape index (κ2) is 3.82. The van der Waals surface area contributed by atoms with Crippen molar-refractivity contribution in [3.8, 4) is 17.5 Å². The maximum atomic E-state index is 10.5. The summed E-state index contributed by atoms with van der Waals surface area (Å²) < 4.78 is 4.90. The number of aromatic carboxylic acids is 1. The molecule has 0 unspecified atom stereocenters. The van der Waals surface area contributed by atoms with E-state index in [2.05, 4.69) is 10.2 Å². The lowest BCUT2D eigenvalue weighted by Crippen LogP contribution is -1.95. The number of aromatic nitrogens is 2. The van der Waals surface area contributed by atoms with Gasteiger partial charge >= 0.3 is 11.9 Å². The van der Waals surface area contributed by atoms with Gasteiger partial charge in [-0.3, -0.25) is 0 Å². The van der Waals surface area contributed by atoms with E-state index >= 15 is 0 Å². The summed E-state index contributed by atoms with van der Waals surface area (Å²) in [5, 5.41) is 24.1. The van der Waals surface area contributed by atoms with Gasteiger partial charge in [-0.1, -0.05) is 0 Å². The third-order valence-corrected chi connectivity index (χ3v) is 1.87. The molecule has 1 N–H and O–H groups in total. The first-order valence-electron chi connectivity index (χ1n) is 4.28. The van der Waals surface area contributed by atoms with Crippen molar-refractivity contribution in [2.24, 2.45) is 0 Å². The summed E-state index contributed by atoms with van der Waals surface area (Å²) in [6, 6.07) is 8.35. The highest BCUT2D eigenvalue weighted by Gasteiger charge is 2.13. The topological polar surface area (TPSA) is 100 Å². The molecule has 1 aromatic heterocycles. The Morgan fingerprint density at radius 1 is 1.31 bits per heavy atom. The van der Waals surface area contributed by atoms with Crippen molar-refractivity contribution in [1.29, 1.82) is 5.26 Å². The summed E-state index contributed by atoms with van der Waals surface area (Å²) in [7, 11) is 0. The number of nitrogens with zero attached hydrogens (tertiary/aromatic N) is 3. The summed E-state index contributed by atoms with van der Waals surface area (Å²) in [5.41, 5.74) is 1.07. The molecular formula is C10H5N3O3. The fraction of sp³-hybridized carbons (Fsp3) is 0. The van der Waals surface area contributed by atoms with Crippen molar-refractivity contribution < 1.29 is 14.3 Å². The summed E-state index contributed by atoms with van der Waals surface area (Å²) in [4.78, 5) is 10.5. The van der Waals surface area contributed by atoms with E-state index in [1.54, 1.807) is 24.3 Å². The van der Waals surface area contributed by atoms with Crippen LogP contribution in [0, 0.1) is 11.3 Å². The van der Waals surface area contributed by atoms with E-state index < -0.39 is 11.9 Å². The SMILES string of the molecule is N#Cc1ccc(-c2nnc(C(=O)O)o2)cc1. The molecule has 6 nitrogen and oxygen atoms in total. The fourth-order valence-electron chi connectivity index (χ4n) is 1.11. The Labute approximate surface area is 89.8 Å². The van der Waals surface area contributed by atoms with Crippen LogP contribution >= 0.6 is 0 Å². The van der Waals surface area contributed by atoms with E-state index in [-0.39, 0.29) is 5.89 Å². The van der Waals surface area contributed by atoms with Crippen molar-refractivity contribution in [1.82, 2.24) is 10.2 Å². The van der Waals surface area contributed by atoms with Gasteiger partial charge < -0.3 is 9.52 Å². The van der Waals surface area contributed by atoms with Crippen molar-refractivity contribution in [2.75, 3.05) is 0 Å². The van der Waals surface area contributed by atoms with E-state index in [1.807, 2.05) is 6.07 Å². The van der Waals surface area contributed by atoms with E-state index in [9.17, 15) is 4.79 Å². The number of nitriles is 1. The molecule has 0 radical (unpaired) electrons. The molecule has 0 aliphatic heterocycles. The van der Waals surface area contributed by atoms with Gasteiger partial charge in [0.05, 0.1) is 11.6 Å². The maximum absolute atomic E-state index is 10.5. The third-order valence-electron chi connectivity index (χ3n) is 1.87. The van der Waals surface area contributed by atoms with Crippen molar-refractivity contribution in [3.63, 3.8) is 0 Å². The molecule has 2 rings (SSSR count). The first kappa shape index (κ1) is 9.86. The molecule has 78 valence electrons. The summed E-state index contributed by atoms with van der Waals surface area (Å²) in [6.07, 6.45) is 0. The minimum Gasteiger partial charge on any atom is -0.474 e. The van der Waals surface area contributed by atoms with Crippen LogP contribution in [0.3, 0.4) is 0 Å². The van der Waals surface area contributed by atoms with Gasteiger partial charge in [0.2, 0.25) is 5.89 Å². The van der Waals surface area contributed by atoms with Crippen LogP contribution < -0.4 is 0 Å². The Morgan fingerprint density at radius 2 is 2.00 bits per heavy atom. The average Bonchev–Trinajstić information content (AvgIpc) is 2.78. The number of hydrogen-bond acceptors (Lipinski definition) is 5. The number of carboxylic acid groups (broad SMARTS) is 1. The minimum absolute atomic E-state index is 0.113. The molecule has 0 saturated heterocycles. The first-order chi connectivity index (χ1) is 7.70. The van der Waals surface area contributed by atoms with Gasteiger partial charge in [0.15, 0.2) is 0 Å². The molecule has 0 amide bonds. The quantitative estimate of drug-likeness (QED) is 0.810. The largest absolute Gasteiger partial charge is 0.474 e. The average molecular weight is 215 g/mol. The highest BCUT2D eigenvalue weighted by molar-refractivity contribution is 5.82. The first-order valence-corrected chi connectivity index (χ1v) is 4.28. The van der Waals surface area contributed by atoms with E-state index in [0.717, 1.165) is 0 Å². The molecule has 0 saturated carbocycles. The lowest BCUT2D eigenvalue weighted by molar-refractivity contribution is 0.0654. The molecule has 0 aliphatic carbocycles. The third kappa shape index (κ3) is 1.74. The second-order valence-corrected chi connectivity index (χ2v) is 2.91. The Bertz CT molecular complexity index is 566. The van der Waals surface area contributed by atoms with Crippen LogP contribution in [-0.4, -0.2) is 21.3 Å². The smallest absolute Gasteiger partial charge is 0.393 e. The standard InChI is InChI=1S/C10H5N3O3/c11-5-6-1-3-7(4-2-6)8-12-13-9(16-8)10(14)15/h1-4H,(H,14,15). The number of hydrogen-bond donors (Lipinski definition) is 1. The number of rotatable bonds is 2. The number of benzene rings is 1. The molecule has 0 aliphatic rings. The van der Waals surface area contributed by atoms with Gasteiger partial charge in [-0.05, 0) is 24.3 Å². The van der Waals surface area contributed by atoms with Gasteiger partial charge in [0, 0.05) is 5.56 Å². The van der Waals surface area contributed by atoms with Crippen LogP contribution in [0.25, 0.3) is 11.5 Å². The Kier molecular flexibility index (Phi) is 2.36. The van der Waals surface area contributed by atoms with Crippen molar-refractivity contribution in [2.45, 2.75) is 0 Å². The molecular weight excluding hydrogens is 210 g/mol. The molecule has 0 bridgehead atoms. The monoisotopic (exact) mass is 215 g/mol. The zero-order chi connectivity index (χ0) is 11.5. The normalized spacial score (nSPS) is 9.69. The Balaban J connectivity index is 2.36. The van der Waals surface area contributed by atoms with E-state index in [0.29, 0.717) is 11.1 Å². The molecule has 16 heavy (non-hydrogen) atoms. The lowest BCUT2D eigenvalue weighted by atomic mass is 10.1. The zero-order valence-electron chi connectivity index (χ0n) is 7.91. The van der Waals surface area contributed by atoms with Crippen molar-refractivity contribution in [3.05, 3.63) is 35.7 Å². The van der Waals surface area contributed by atoms with Crippen LogP contribution in [0.1, 0.15) is 16.2 Å². The highest BCUT2D eigenvalue weighted by Crippen LogP contribution is 2.17. The molecule has 1 heterocycles. The predicted molar refractivity (Wildman–Crippen MR) is 51.4 cm³/mol. The van der Waals surface area contributed by atoms with Crippen LogP contribution in [0.4, 0.5) is 0 Å². The maximum Gasteiger partial charge on any atom is 0.393 e. The van der Waals surface area contributed by atoms with E-state index in [4.69, 9.17) is 14.8 Å². The Morgan fingerprint density at radius 3 is 2.50 bits per heavy atom. The summed E-state index contributed by atoms with van der Waals surface area (Å²) in [6.45, 7) is 0. The van der Waals surface area contributed by atoms with Crippen LogP contribution in [-0.2, 0) is 0 Å². The lowest BCUT2D eigenvalue weighted by Gasteiger charge is -1.93. The molecule has 0 spiro atoms. The van der Waals surface area contributed by atoms with Gasteiger partial charge in [0.1, 0.15) is 0 Å². The van der Waals surface area contributed by atoms with Gasteiger partial charge in [0.25, 0.3) is 0 Å². The van der Waals surface area contributed by atoms with Gasteiger partial charge in [-0.15, -0.1) is 10.2 Å². The number of carbonyl (C=O) groups is 1. The van der Waals surface area contributed by atoms with Crippen molar-refractivity contribution >= 4 is 5.97 Å². The van der Waals surface area contributed by atoms with Crippen LogP contribution in [0.5, 0.6) is 0 Å².